The monoisotopic (exact) mass is 312 g/mol. The van der Waals surface area contributed by atoms with Crippen LogP contribution in [-0.2, 0) is 11.3 Å². The summed E-state index contributed by atoms with van der Waals surface area (Å²) in [5.74, 6) is -0.532. The molecule has 6 nitrogen and oxygen atoms in total. The van der Waals surface area contributed by atoms with Crippen molar-refractivity contribution in [3.05, 3.63) is 38.9 Å². The Hall–Kier alpha value is -1.66. The summed E-state index contributed by atoms with van der Waals surface area (Å²) in [5, 5.41) is 20.9. The Balaban J connectivity index is 2.11. The fourth-order valence-corrected chi connectivity index (χ4v) is 2.82. The fourth-order valence-electron chi connectivity index (χ4n) is 2.64. The highest BCUT2D eigenvalue weighted by Gasteiger charge is 2.33. The molecule has 0 saturated heterocycles. The fraction of sp³-hybridized carbons (Fsp3) is 0.500. The molecule has 7 heteroatoms. The second-order valence-corrected chi connectivity index (χ2v) is 5.74. The van der Waals surface area contributed by atoms with E-state index < -0.39 is 11.0 Å². The number of hydrogen-bond acceptors (Lipinski definition) is 4. The maximum atomic E-state index is 12.3. The standard InChI is InChI=1S/C14H17ClN2O4/c1-16(14(19)11-3-2-4-13(11)18)8-9-7-10(17(20)21)5-6-12(9)15/h5-7,11,13,18H,2-4,8H2,1H3. The largest absolute Gasteiger partial charge is 0.392 e. The number of rotatable bonds is 4. The van der Waals surface area contributed by atoms with Crippen LogP contribution in [0, 0.1) is 16.0 Å². The highest BCUT2D eigenvalue weighted by Crippen LogP contribution is 2.28. The van der Waals surface area contributed by atoms with E-state index in [1.165, 1.54) is 23.1 Å². The first-order chi connectivity index (χ1) is 9.90. The number of hydrogen-bond donors (Lipinski definition) is 1. The van der Waals surface area contributed by atoms with Crippen molar-refractivity contribution in [2.24, 2.45) is 5.92 Å². The number of nitrogens with zero attached hydrogens (tertiary/aromatic N) is 2. The lowest BCUT2D eigenvalue weighted by Gasteiger charge is -2.23. The molecule has 21 heavy (non-hydrogen) atoms. The Labute approximate surface area is 127 Å². The molecule has 2 atom stereocenters. The maximum absolute atomic E-state index is 12.3. The van der Waals surface area contributed by atoms with Crippen molar-refractivity contribution in [3.63, 3.8) is 0 Å². The van der Waals surface area contributed by atoms with Gasteiger partial charge in [0.2, 0.25) is 5.91 Å². The van der Waals surface area contributed by atoms with Crippen molar-refractivity contribution in [2.45, 2.75) is 31.9 Å². The number of aliphatic hydroxyl groups is 1. The first kappa shape index (κ1) is 15.7. The van der Waals surface area contributed by atoms with Crippen LogP contribution < -0.4 is 0 Å². The number of non-ortho nitro benzene ring substituents is 1. The topological polar surface area (TPSA) is 83.7 Å². The van der Waals surface area contributed by atoms with Gasteiger partial charge in [0.25, 0.3) is 5.69 Å². The number of benzene rings is 1. The quantitative estimate of drug-likeness (QED) is 0.683. The zero-order valence-electron chi connectivity index (χ0n) is 11.7. The van der Waals surface area contributed by atoms with Gasteiger partial charge in [0, 0.05) is 30.7 Å². The number of nitro groups is 1. The second kappa shape index (κ2) is 6.41. The van der Waals surface area contributed by atoms with Crippen molar-refractivity contribution in [3.8, 4) is 0 Å². The van der Waals surface area contributed by atoms with E-state index in [1.54, 1.807) is 7.05 Å². The van der Waals surface area contributed by atoms with Crippen LogP contribution in [0.3, 0.4) is 0 Å². The van der Waals surface area contributed by atoms with E-state index in [4.69, 9.17) is 11.6 Å². The Kier molecular flexibility index (Phi) is 4.80. The zero-order chi connectivity index (χ0) is 15.6. The number of halogens is 1. The molecule has 0 aliphatic heterocycles. The molecule has 0 spiro atoms. The Bertz CT molecular complexity index is 564. The minimum atomic E-state index is -0.597. The summed E-state index contributed by atoms with van der Waals surface area (Å²) in [7, 11) is 1.61. The van der Waals surface area contributed by atoms with E-state index in [0.29, 0.717) is 23.4 Å². The molecular formula is C14H17ClN2O4. The molecule has 114 valence electrons. The summed E-state index contributed by atoms with van der Waals surface area (Å²) in [6.07, 6.45) is 1.55. The van der Waals surface area contributed by atoms with E-state index >= 15 is 0 Å². The second-order valence-electron chi connectivity index (χ2n) is 5.33. The van der Waals surface area contributed by atoms with Gasteiger partial charge in [-0.05, 0) is 30.9 Å². The number of amides is 1. The molecule has 2 unspecified atom stereocenters. The third-order valence-corrected chi connectivity index (χ3v) is 4.19. The summed E-state index contributed by atoms with van der Waals surface area (Å²) in [5.41, 5.74) is 0.463. The average molecular weight is 313 g/mol. The van der Waals surface area contributed by atoms with Gasteiger partial charge in [0.05, 0.1) is 16.9 Å². The molecule has 1 N–H and O–H groups in total. The van der Waals surface area contributed by atoms with Crippen molar-refractivity contribution in [1.82, 2.24) is 4.90 Å². The first-order valence-electron chi connectivity index (χ1n) is 6.76. The minimum absolute atomic E-state index is 0.0591. The van der Waals surface area contributed by atoms with Crippen molar-refractivity contribution < 1.29 is 14.8 Å². The van der Waals surface area contributed by atoms with Crippen molar-refractivity contribution in [2.75, 3.05) is 7.05 Å². The van der Waals surface area contributed by atoms with Crippen LogP contribution in [0.25, 0.3) is 0 Å². The van der Waals surface area contributed by atoms with Gasteiger partial charge in [-0.15, -0.1) is 0 Å². The van der Waals surface area contributed by atoms with Crippen LogP contribution in [0.2, 0.25) is 5.02 Å². The number of carbonyl (C=O) groups excluding carboxylic acids is 1. The van der Waals surface area contributed by atoms with Crippen molar-refractivity contribution >= 4 is 23.2 Å². The van der Waals surface area contributed by atoms with Gasteiger partial charge in [-0.1, -0.05) is 11.6 Å². The highest BCUT2D eigenvalue weighted by atomic mass is 35.5. The number of nitro benzene ring substituents is 1. The van der Waals surface area contributed by atoms with Crippen molar-refractivity contribution in [1.29, 1.82) is 0 Å². The van der Waals surface area contributed by atoms with Gasteiger partial charge in [0.15, 0.2) is 0 Å². The summed E-state index contributed by atoms with van der Waals surface area (Å²) in [4.78, 5) is 24.0. The average Bonchev–Trinajstić information content (AvgIpc) is 2.86. The first-order valence-corrected chi connectivity index (χ1v) is 7.14. The van der Waals surface area contributed by atoms with Gasteiger partial charge in [-0.25, -0.2) is 0 Å². The van der Waals surface area contributed by atoms with E-state index in [1.807, 2.05) is 0 Å². The van der Waals surface area contributed by atoms with Crippen LogP contribution in [0.4, 0.5) is 5.69 Å². The van der Waals surface area contributed by atoms with Gasteiger partial charge in [0.1, 0.15) is 0 Å². The summed E-state index contributed by atoms with van der Waals surface area (Å²) < 4.78 is 0. The molecule has 0 radical (unpaired) electrons. The molecule has 0 heterocycles. The normalized spacial score (nSPS) is 21.3. The van der Waals surface area contributed by atoms with E-state index in [9.17, 15) is 20.0 Å². The molecule has 1 aromatic rings. The lowest BCUT2D eigenvalue weighted by atomic mass is 10.0. The van der Waals surface area contributed by atoms with Crippen LogP contribution in [0.15, 0.2) is 18.2 Å². The molecular weight excluding hydrogens is 296 g/mol. The molecule has 1 aliphatic carbocycles. The molecule has 1 aromatic carbocycles. The molecule has 2 rings (SSSR count). The maximum Gasteiger partial charge on any atom is 0.269 e. The van der Waals surface area contributed by atoms with Gasteiger partial charge < -0.3 is 10.0 Å². The third-order valence-electron chi connectivity index (χ3n) is 3.82. The van der Waals surface area contributed by atoms with E-state index in [-0.39, 0.29) is 24.1 Å². The SMILES string of the molecule is CN(Cc1cc([N+](=O)[O-])ccc1Cl)C(=O)C1CCCC1O. The zero-order valence-corrected chi connectivity index (χ0v) is 12.4. The number of aliphatic hydroxyl groups excluding tert-OH is 1. The van der Waals surface area contributed by atoms with E-state index in [0.717, 1.165) is 6.42 Å². The highest BCUT2D eigenvalue weighted by molar-refractivity contribution is 6.31. The summed E-state index contributed by atoms with van der Waals surface area (Å²) >= 11 is 6.03. The van der Waals surface area contributed by atoms with E-state index in [2.05, 4.69) is 0 Å². The smallest absolute Gasteiger partial charge is 0.269 e. The van der Waals surface area contributed by atoms with Gasteiger partial charge >= 0.3 is 0 Å². The Morgan fingerprint density at radius 1 is 1.52 bits per heavy atom. The summed E-state index contributed by atoms with van der Waals surface area (Å²) in [6.45, 7) is 0.183. The Morgan fingerprint density at radius 3 is 2.81 bits per heavy atom. The molecule has 1 aliphatic rings. The summed E-state index contributed by atoms with van der Waals surface area (Å²) in [6, 6.07) is 4.16. The van der Waals surface area contributed by atoms with Crippen LogP contribution in [-0.4, -0.2) is 34.0 Å². The predicted molar refractivity (Wildman–Crippen MR) is 77.9 cm³/mol. The lowest BCUT2D eigenvalue weighted by molar-refractivity contribution is -0.384. The molecule has 0 bridgehead atoms. The molecule has 1 fully saturated rings. The van der Waals surface area contributed by atoms with Crippen LogP contribution in [0.5, 0.6) is 0 Å². The molecule has 1 saturated carbocycles. The molecule has 1 amide bonds. The van der Waals surface area contributed by atoms with Gasteiger partial charge in [-0.3, -0.25) is 14.9 Å². The lowest BCUT2D eigenvalue weighted by Crippen LogP contribution is -2.36. The minimum Gasteiger partial charge on any atom is -0.392 e. The van der Waals surface area contributed by atoms with Crippen LogP contribution in [0.1, 0.15) is 24.8 Å². The molecule has 0 aromatic heterocycles. The van der Waals surface area contributed by atoms with Gasteiger partial charge in [-0.2, -0.15) is 0 Å². The predicted octanol–water partition coefficient (Wildman–Crippen LogP) is 2.37. The number of carbonyl (C=O) groups is 1. The third kappa shape index (κ3) is 3.51. The Morgan fingerprint density at radius 2 is 2.24 bits per heavy atom. The van der Waals surface area contributed by atoms with Crippen LogP contribution >= 0.6 is 11.6 Å².